The normalized spacial score (nSPS) is 13.0. The number of ether oxygens (including phenoxy) is 1. The number of alkyl halides is 3. The van der Waals surface area contributed by atoms with Gasteiger partial charge in [0.15, 0.2) is 6.10 Å². The van der Waals surface area contributed by atoms with Gasteiger partial charge in [0.25, 0.3) is 0 Å². The van der Waals surface area contributed by atoms with E-state index < -0.39 is 12.3 Å². The Labute approximate surface area is 83.3 Å². The van der Waals surface area contributed by atoms with Crippen LogP contribution in [0.5, 0.6) is 5.88 Å². The van der Waals surface area contributed by atoms with Crippen molar-refractivity contribution in [3.63, 3.8) is 0 Å². The minimum Gasteiger partial charge on any atom is -0.465 e. The van der Waals surface area contributed by atoms with Crippen molar-refractivity contribution in [1.29, 1.82) is 5.26 Å². The quantitative estimate of drug-likeness (QED) is 0.756. The van der Waals surface area contributed by atoms with Gasteiger partial charge in [-0.15, -0.1) is 0 Å². The Bertz CT molecular complexity index is 385. The van der Waals surface area contributed by atoms with Crippen LogP contribution in [0.2, 0.25) is 0 Å². The van der Waals surface area contributed by atoms with Crippen LogP contribution in [0.25, 0.3) is 0 Å². The standard InChI is InChI=1S/C8H6F3N3O/c1-5(8(9,10)11)15-7-2-6(3-12)13-4-14-7/h2,4-5H,1H3/t5-/m1/s1. The molecule has 0 fully saturated rings. The molecule has 4 nitrogen and oxygen atoms in total. The molecule has 0 unspecified atom stereocenters. The van der Waals surface area contributed by atoms with Crippen molar-refractivity contribution >= 4 is 0 Å². The van der Waals surface area contributed by atoms with Crippen molar-refractivity contribution in [3.05, 3.63) is 18.1 Å². The van der Waals surface area contributed by atoms with Crippen LogP contribution in [0.4, 0.5) is 13.2 Å². The van der Waals surface area contributed by atoms with Gasteiger partial charge in [0.1, 0.15) is 18.1 Å². The molecule has 1 heterocycles. The van der Waals surface area contributed by atoms with Gasteiger partial charge >= 0.3 is 6.18 Å². The van der Waals surface area contributed by atoms with Crippen molar-refractivity contribution in [1.82, 2.24) is 9.97 Å². The third-order valence-corrected chi connectivity index (χ3v) is 1.52. The van der Waals surface area contributed by atoms with Gasteiger partial charge in [0.2, 0.25) is 5.88 Å². The van der Waals surface area contributed by atoms with E-state index in [1.165, 1.54) is 0 Å². The van der Waals surface area contributed by atoms with E-state index in [4.69, 9.17) is 5.26 Å². The second-order valence-electron chi connectivity index (χ2n) is 2.65. The number of hydrogen-bond acceptors (Lipinski definition) is 4. The molecule has 0 aliphatic rings. The number of hydrogen-bond donors (Lipinski definition) is 0. The fourth-order valence-corrected chi connectivity index (χ4v) is 0.713. The Kier molecular flexibility index (Phi) is 3.09. The zero-order valence-electron chi connectivity index (χ0n) is 7.62. The zero-order chi connectivity index (χ0) is 11.5. The Morgan fingerprint density at radius 2 is 2.13 bits per heavy atom. The van der Waals surface area contributed by atoms with E-state index in [0.717, 1.165) is 19.3 Å². The summed E-state index contributed by atoms with van der Waals surface area (Å²) in [5.41, 5.74) is -0.0469. The van der Waals surface area contributed by atoms with Gasteiger partial charge in [-0.25, -0.2) is 9.97 Å². The van der Waals surface area contributed by atoms with E-state index in [-0.39, 0.29) is 11.6 Å². The van der Waals surface area contributed by atoms with Crippen molar-refractivity contribution in [2.45, 2.75) is 19.2 Å². The van der Waals surface area contributed by atoms with Gasteiger partial charge in [-0.2, -0.15) is 18.4 Å². The number of aromatic nitrogens is 2. The highest BCUT2D eigenvalue weighted by molar-refractivity contribution is 5.24. The van der Waals surface area contributed by atoms with E-state index in [1.807, 2.05) is 0 Å². The maximum atomic E-state index is 12.1. The van der Waals surface area contributed by atoms with Crippen LogP contribution in [0.3, 0.4) is 0 Å². The molecule has 0 amide bonds. The van der Waals surface area contributed by atoms with Crippen LogP contribution in [0.1, 0.15) is 12.6 Å². The summed E-state index contributed by atoms with van der Waals surface area (Å²) in [7, 11) is 0. The number of halogens is 3. The molecule has 1 atom stereocenters. The molecule has 1 aromatic rings. The average molecular weight is 217 g/mol. The SMILES string of the molecule is C[C@@H](Oc1cc(C#N)ncn1)C(F)(F)F. The Morgan fingerprint density at radius 3 is 2.67 bits per heavy atom. The van der Waals surface area contributed by atoms with E-state index in [1.54, 1.807) is 6.07 Å². The van der Waals surface area contributed by atoms with E-state index >= 15 is 0 Å². The van der Waals surface area contributed by atoms with E-state index in [9.17, 15) is 13.2 Å². The molecular weight excluding hydrogens is 211 g/mol. The molecule has 80 valence electrons. The Balaban J connectivity index is 2.78. The number of nitriles is 1. The predicted molar refractivity (Wildman–Crippen MR) is 42.9 cm³/mol. The fourth-order valence-electron chi connectivity index (χ4n) is 0.713. The first-order valence-corrected chi connectivity index (χ1v) is 3.89. The summed E-state index contributed by atoms with van der Waals surface area (Å²) in [6.45, 7) is 0.855. The molecule has 0 saturated heterocycles. The van der Waals surface area contributed by atoms with Crippen LogP contribution >= 0.6 is 0 Å². The molecule has 0 saturated carbocycles. The third-order valence-electron chi connectivity index (χ3n) is 1.52. The lowest BCUT2D eigenvalue weighted by atomic mass is 10.4. The molecule has 7 heteroatoms. The summed E-state index contributed by atoms with van der Waals surface area (Å²) in [6, 6.07) is 2.71. The van der Waals surface area contributed by atoms with Crippen LogP contribution < -0.4 is 4.74 Å². The molecule has 0 spiro atoms. The maximum absolute atomic E-state index is 12.1. The molecule has 0 aliphatic carbocycles. The highest BCUT2D eigenvalue weighted by Crippen LogP contribution is 2.23. The minimum atomic E-state index is -4.46. The summed E-state index contributed by atoms with van der Waals surface area (Å²) in [5.74, 6) is -0.272. The molecule has 0 aliphatic heterocycles. The molecule has 0 N–H and O–H groups in total. The summed E-state index contributed by atoms with van der Waals surface area (Å²) in [6.07, 6.45) is -5.46. The summed E-state index contributed by atoms with van der Waals surface area (Å²) in [4.78, 5) is 6.95. The monoisotopic (exact) mass is 217 g/mol. The van der Waals surface area contributed by atoms with Gasteiger partial charge in [0, 0.05) is 6.07 Å². The molecular formula is C8H6F3N3O. The average Bonchev–Trinajstić information content (AvgIpc) is 2.16. The van der Waals surface area contributed by atoms with Crippen molar-refractivity contribution < 1.29 is 17.9 Å². The third kappa shape index (κ3) is 3.09. The van der Waals surface area contributed by atoms with Crippen LogP contribution in [0.15, 0.2) is 12.4 Å². The lowest BCUT2D eigenvalue weighted by Crippen LogP contribution is -2.31. The molecule has 0 bridgehead atoms. The molecule has 0 radical (unpaired) electrons. The smallest absolute Gasteiger partial charge is 0.425 e. The topological polar surface area (TPSA) is 58.8 Å². The second kappa shape index (κ2) is 4.13. The first kappa shape index (κ1) is 11.2. The molecule has 1 rings (SSSR count). The maximum Gasteiger partial charge on any atom is 0.425 e. The molecule has 15 heavy (non-hydrogen) atoms. The largest absolute Gasteiger partial charge is 0.465 e. The highest BCUT2D eigenvalue weighted by Gasteiger charge is 2.38. The zero-order valence-corrected chi connectivity index (χ0v) is 7.62. The highest BCUT2D eigenvalue weighted by atomic mass is 19.4. The van der Waals surface area contributed by atoms with Gasteiger partial charge in [-0.1, -0.05) is 0 Å². The van der Waals surface area contributed by atoms with E-state index in [2.05, 4.69) is 14.7 Å². The predicted octanol–water partition coefficient (Wildman–Crippen LogP) is 1.68. The van der Waals surface area contributed by atoms with Gasteiger partial charge in [-0.3, -0.25) is 0 Å². The van der Waals surface area contributed by atoms with Crippen LogP contribution in [0, 0.1) is 11.3 Å². The summed E-state index contributed by atoms with van der Waals surface area (Å²) < 4.78 is 40.7. The van der Waals surface area contributed by atoms with Crippen LogP contribution in [-0.4, -0.2) is 22.2 Å². The van der Waals surface area contributed by atoms with Crippen molar-refractivity contribution in [2.75, 3.05) is 0 Å². The number of nitrogens with zero attached hydrogens (tertiary/aromatic N) is 3. The van der Waals surface area contributed by atoms with Crippen molar-refractivity contribution in [2.24, 2.45) is 0 Å². The van der Waals surface area contributed by atoms with Gasteiger partial charge in [-0.05, 0) is 6.92 Å². The Hall–Kier alpha value is -1.84. The number of rotatable bonds is 2. The van der Waals surface area contributed by atoms with E-state index in [0.29, 0.717) is 0 Å². The van der Waals surface area contributed by atoms with Crippen LogP contribution in [-0.2, 0) is 0 Å². The minimum absolute atomic E-state index is 0.0469. The Morgan fingerprint density at radius 1 is 1.47 bits per heavy atom. The first-order chi connectivity index (χ1) is 6.93. The fraction of sp³-hybridized carbons (Fsp3) is 0.375. The molecule has 1 aromatic heterocycles. The van der Waals surface area contributed by atoms with Gasteiger partial charge < -0.3 is 4.74 Å². The summed E-state index contributed by atoms with van der Waals surface area (Å²) >= 11 is 0. The van der Waals surface area contributed by atoms with Gasteiger partial charge in [0.05, 0.1) is 0 Å². The second-order valence-corrected chi connectivity index (χ2v) is 2.65. The lowest BCUT2D eigenvalue weighted by molar-refractivity contribution is -0.190. The van der Waals surface area contributed by atoms with Crippen molar-refractivity contribution in [3.8, 4) is 11.9 Å². The lowest BCUT2D eigenvalue weighted by Gasteiger charge is -2.16. The summed E-state index contributed by atoms with van der Waals surface area (Å²) in [5, 5.41) is 8.44. The molecule has 0 aromatic carbocycles. The first-order valence-electron chi connectivity index (χ1n) is 3.89.